The summed E-state index contributed by atoms with van der Waals surface area (Å²) < 4.78 is 6.91. The van der Waals surface area contributed by atoms with Crippen LogP contribution in [0.5, 0.6) is 0 Å². The lowest BCUT2D eigenvalue weighted by Crippen LogP contribution is -2.52. The van der Waals surface area contributed by atoms with E-state index in [0.717, 1.165) is 32.1 Å². The molecule has 0 radical (unpaired) electrons. The number of aromatic nitrogens is 3. The summed E-state index contributed by atoms with van der Waals surface area (Å²) in [5.74, 6) is 0.898. The molecule has 3 rings (SSSR count). The number of nitrogens with one attached hydrogen (secondary N) is 1. The molecule has 1 atom stereocenters. The van der Waals surface area contributed by atoms with Crippen LogP contribution in [-0.2, 0) is 27.4 Å². The maximum Gasteiger partial charge on any atom is 0.243 e. The average Bonchev–Trinajstić information content (AvgIpc) is 3.37. The molecule has 0 spiro atoms. The van der Waals surface area contributed by atoms with Crippen molar-refractivity contribution in [3.63, 3.8) is 0 Å². The Bertz CT molecular complexity index is 584. The Hall–Kier alpha value is -1.96. The first-order chi connectivity index (χ1) is 11.7. The van der Waals surface area contributed by atoms with Gasteiger partial charge in [0, 0.05) is 26.1 Å². The molecule has 132 valence electrons. The van der Waals surface area contributed by atoms with Crippen LogP contribution in [0.1, 0.15) is 37.9 Å². The standard InChI is InChI=1S/C16H25N5O3/c1-24-9-8-20-11-18-19-14(20)10-17-15(22)13-4-2-3-7-21(13)16(23)12-5-6-12/h11-13H,2-10H2,1H3,(H,17,22)/t13-/m1/s1. The molecule has 2 heterocycles. The fraction of sp³-hybridized carbons (Fsp3) is 0.750. The molecule has 0 bridgehead atoms. The number of carbonyl (C=O) groups excluding carboxylic acids is 2. The quantitative estimate of drug-likeness (QED) is 0.776. The first kappa shape index (κ1) is 16.9. The minimum Gasteiger partial charge on any atom is -0.383 e. The molecule has 1 N–H and O–H groups in total. The third-order valence-corrected chi connectivity index (χ3v) is 4.67. The van der Waals surface area contributed by atoms with E-state index in [1.807, 2.05) is 4.57 Å². The van der Waals surface area contributed by atoms with Crippen LogP contribution in [0.2, 0.25) is 0 Å². The van der Waals surface area contributed by atoms with Crippen LogP contribution in [0.15, 0.2) is 6.33 Å². The van der Waals surface area contributed by atoms with E-state index in [1.165, 1.54) is 0 Å². The van der Waals surface area contributed by atoms with E-state index in [1.54, 1.807) is 18.3 Å². The van der Waals surface area contributed by atoms with Crippen molar-refractivity contribution in [3.05, 3.63) is 12.2 Å². The summed E-state index contributed by atoms with van der Waals surface area (Å²) in [6, 6.07) is -0.345. The molecule has 0 aromatic carbocycles. The van der Waals surface area contributed by atoms with Crippen LogP contribution in [0.4, 0.5) is 0 Å². The molecule has 2 amide bonds. The van der Waals surface area contributed by atoms with Crippen LogP contribution >= 0.6 is 0 Å². The molecule has 1 aliphatic carbocycles. The molecule has 8 nitrogen and oxygen atoms in total. The third kappa shape index (κ3) is 3.92. The summed E-state index contributed by atoms with van der Waals surface area (Å²) >= 11 is 0. The van der Waals surface area contributed by atoms with E-state index in [2.05, 4.69) is 15.5 Å². The summed E-state index contributed by atoms with van der Waals surface area (Å²) in [4.78, 5) is 26.8. The van der Waals surface area contributed by atoms with Gasteiger partial charge in [-0.15, -0.1) is 10.2 Å². The predicted octanol–water partition coefficient (Wildman–Crippen LogP) is 0.332. The Morgan fingerprint density at radius 2 is 2.17 bits per heavy atom. The van der Waals surface area contributed by atoms with Crippen LogP contribution < -0.4 is 5.32 Å². The highest BCUT2D eigenvalue weighted by molar-refractivity contribution is 5.89. The molecule has 2 fully saturated rings. The number of hydrogen-bond donors (Lipinski definition) is 1. The van der Waals surface area contributed by atoms with Gasteiger partial charge in [0.1, 0.15) is 12.4 Å². The van der Waals surface area contributed by atoms with E-state index >= 15 is 0 Å². The van der Waals surface area contributed by atoms with Crippen molar-refractivity contribution in [2.45, 2.75) is 51.2 Å². The van der Waals surface area contributed by atoms with Crippen molar-refractivity contribution < 1.29 is 14.3 Å². The molecule has 8 heteroatoms. The van der Waals surface area contributed by atoms with Gasteiger partial charge in [-0.1, -0.05) is 0 Å². The number of hydrogen-bond acceptors (Lipinski definition) is 5. The number of rotatable bonds is 7. The van der Waals surface area contributed by atoms with Gasteiger partial charge in [-0.25, -0.2) is 0 Å². The minimum absolute atomic E-state index is 0.0926. The maximum atomic E-state index is 12.6. The number of ether oxygens (including phenoxy) is 1. The molecule has 1 saturated carbocycles. The molecule has 24 heavy (non-hydrogen) atoms. The number of likely N-dealkylation sites (tertiary alicyclic amines) is 1. The Labute approximate surface area is 141 Å². The molecule has 1 aromatic rings. The fourth-order valence-electron chi connectivity index (χ4n) is 3.11. The highest BCUT2D eigenvalue weighted by Crippen LogP contribution is 2.33. The third-order valence-electron chi connectivity index (χ3n) is 4.67. The van der Waals surface area contributed by atoms with Gasteiger partial charge in [-0.2, -0.15) is 0 Å². The zero-order chi connectivity index (χ0) is 16.9. The Morgan fingerprint density at radius 1 is 1.33 bits per heavy atom. The van der Waals surface area contributed by atoms with Gasteiger partial charge in [0.2, 0.25) is 11.8 Å². The summed E-state index contributed by atoms with van der Waals surface area (Å²) in [7, 11) is 1.64. The first-order valence-electron chi connectivity index (χ1n) is 8.64. The molecule has 2 aliphatic rings. The van der Waals surface area contributed by atoms with Gasteiger partial charge in [0.25, 0.3) is 0 Å². The zero-order valence-corrected chi connectivity index (χ0v) is 14.1. The van der Waals surface area contributed by atoms with E-state index in [0.29, 0.717) is 32.1 Å². The number of nitrogens with zero attached hydrogens (tertiary/aromatic N) is 4. The summed E-state index contributed by atoms with van der Waals surface area (Å²) in [6.45, 7) is 2.21. The topological polar surface area (TPSA) is 89.3 Å². The highest BCUT2D eigenvalue weighted by Gasteiger charge is 2.39. The smallest absolute Gasteiger partial charge is 0.243 e. The van der Waals surface area contributed by atoms with Crippen molar-refractivity contribution in [2.75, 3.05) is 20.3 Å². The van der Waals surface area contributed by atoms with E-state index in [4.69, 9.17) is 4.74 Å². The van der Waals surface area contributed by atoms with Crippen LogP contribution in [-0.4, -0.2) is 57.8 Å². The lowest BCUT2D eigenvalue weighted by Gasteiger charge is -2.34. The molecular weight excluding hydrogens is 310 g/mol. The SMILES string of the molecule is COCCn1cnnc1CNC(=O)[C@H]1CCCCN1C(=O)C1CC1. The number of carbonyl (C=O) groups is 2. The first-order valence-corrected chi connectivity index (χ1v) is 8.64. The van der Waals surface area contributed by atoms with Crippen molar-refractivity contribution in [3.8, 4) is 0 Å². The Balaban J connectivity index is 1.57. The second-order valence-corrected chi connectivity index (χ2v) is 6.47. The zero-order valence-electron chi connectivity index (χ0n) is 14.1. The van der Waals surface area contributed by atoms with Gasteiger partial charge >= 0.3 is 0 Å². The lowest BCUT2D eigenvalue weighted by atomic mass is 10.0. The lowest BCUT2D eigenvalue weighted by molar-refractivity contribution is -0.143. The molecular formula is C16H25N5O3. The minimum atomic E-state index is -0.345. The van der Waals surface area contributed by atoms with Crippen LogP contribution in [0.3, 0.4) is 0 Å². The normalized spacial score (nSPS) is 20.9. The van der Waals surface area contributed by atoms with Crippen molar-refractivity contribution in [1.29, 1.82) is 0 Å². The Morgan fingerprint density at radius 3 is 2.92 bits per heavy atom. The van der Waals surface area contributed by atoms with E-state index in [9.17, 15) is 9.59 Å². The molecule has 1 aliphatic heterocycles. The Kier molecular flexibility index (Phi) is 5.44. The highest BCUT2D eigenvalue weighted by atomic mass is 16.5. The summed E-state index contributed by atoms with van der Waals surface area (Å²) in [5.41, 5.74) is 0. The number of amides is 2. The van der Waals surface area contributed by atoms with Gasteiger partial charge in [-0.05, 0) is 32.1 Å². The van der Waals surface area contributed by atoms with Crippen molar-refractivity contribution in [1.82, 2.24) is 25.0 Å². The second kappa shape index (κ2) is 7.74. The number of piperidine rings is 1. The van der Waals surface area contributed by atoms with Crippen LogP contribution in [0.25, 0.3) is 0 Å². The van der Waals surface area contributed by atoms with Crippen molar-refractivity contribution in [2.24, 2.45) is 5.92 Å². The number of methoxy groups -OCH3 is 1. The fourth-order valence-corrected chi connectivity index (χ4v) is 3.11. The van der Waals surface area contributed by atoms with Gasteiger partial charge in [-0.3, -0.25) is 9.59 Å². The summed E-state index contributed by atoms with van der Waals surface area (Å²) in [6.07, 6.45) is 6.26. The maximum absolute atomic E-state index is 12.6. The second-order valence-electron chi connectivity index (χ2n) is 6.47. The van der Waals surface area contributed by atoms with Gasteiger partial charge in [0.05, 0.1) is 13.2 Å². The van der Waals surface area contributed by atoms with Gasteiger partial charge < -0.3 is 19.5 Å². The van der Waals surface area contributed by atoms with Gasteiger partial charge in [0.15, 0.2) is 5.82 Å². The van der Waals surface area contributed by atoms with Crippen LogP contribution in [0, 0.1) is 5.92 Å². The predicted molar refractivity (Wildman–Crippen MR) is 85.8 cm³/mol. The summed E-state index contributed by atoms with van der Waals surface area (Å²) in [5, 5.41) is 10.8. The monoisotopic (exact) mass is 335 g/mol. The largest absolute Gasteiger partial charge is 0.383 e. The molecule has 1 aromatic heterocycles. The molecule has 1 saturated heterocycles. The molecule has 0 unspecified atom stereocenters. The van der Waals surface area contributed by atoms with E-state index in [-0.39, 0.29) is 23.8 Å². The van der Waals surface area contributed by atoms with Crippen molar-refractivity contribution >= 4 is 11.8 Å². The van der Waals surface area contributed by atoms with E-state index < -0.39 is 0 Å². The average molecular weight is 335 g/mol.